The number of hydrogen-bond acceptors (Lipinski definition) is 2. The van der Waals surface area contributed by atoms with Crippen molar-refractivity contribution < 1.29 is 0 Å². The molecule has 0 bridgehead atoms. The van der Waals surface area contributed by atoms with Gasteiger partial charge in [0.2, 0.25) is 5.65 Å². The smallest absolute Gasteiger partial charge is 0.294 e. The van der Waals surface area contributed by atoms with E-state index in [2.05, 4.69) is 4.98 Å². The minimum atomic E-state index is -0.0682. The summed E-state index contributed by atoms with van der Waals surface area (Å²) in [5.41, 5.74) is 1.50. The highest BCUT2D eigenvalue weighted by molar-refractivity contribution is 5.34. The molecule has 0 unspecified atom stereocenters. The molecule has 3 aromatic rings. The fourth-order valence-corrected chi connectivity index (χ4v) is 1.85. The molecule has 1 aromatic carbocycles. The van der Waals surface area contributed by atoms with Crippen LogP contribution < -0.4 is 5.56 Å². The summed E-state index contributed by atoms with van der Waals surface area (Å²) in [4.78, 5) is 16.1. The summed E-state index contributed by atoms with van der Waals surface area (Å²) in [5.74, 6) is 0. The second-order valence-electron chi connectivity index (χ2n) is 3.87. The zero-order chi connectivity index (χ0) is 11.7. The van der Waals surface area contributed by atoms with Gasteiger partial charge in [0.25, 0.3) is 5.56 Å². The van der Waals surface area contributed by atoms with E-state index in [0.29, 0.717) is 12.2 Å². The van der Waals surface area contributed by atoms with E-state index in [9.17, 15) is 4.79 Å². The fourth-order valence-electron chi connectivity index (χ4n) is 1.85. The van der Waals surface area contributed by atoms with Gasteiger partial charge in [-0.2, -0.15) is 0 Å². The zero-order valence-corrected chi connectivity index (χ0v) is 9.15. The molecular formula is C13H11N3O. The summed E-state index contributed by atoms with van der Waals surface area (Å²) < 4.78 is 3.39. The van der Waals surface area contributed by atoms with E-state index in [1.807, 2.05) is 36.5 Å². The molecule has 0 amide bonds. The molecule has 0 N–H and O–H groups in total. The zero-order valence-electron chi connectivity index (χ0n) is 9.15. The standard InChI is InChI=1S/C13H11N3O/c17-13-12-14-6-7-15(12)8-9-16(13)10-11-4-2-1-3-5-11/h1-9H,10H2. The van der Waals surface area contributed by atoms with Crippen LogP contribution in [-0.2, 0) is 6.54 Å². The molecule has 17 heavy (non-hydrogen) atoms. The van der Waals surface area contributed by atoms with Crippen LogP contribution in [0.2, 0.25) is 0 Å². The van der Waals surface area contributed by atoms with Crippen molar-refractivity contribution >= 4 is 5.65 Å². The molecule has 4 nitrogen and oxygen atoms in total. The van der Waals surface area contributed by atoms with Gasteiger partial charge in [0.15, 0.2) is 0 Å². The van der Waals surface area contributed by atoms with E-state index in [1.54, 1.807) is 27.6 Å². The van der Waals surface area contributed by atoms with Gasteiger partial charge in [-0.15, -0.1) is 0 Å². The highest BCUT2D eigenvalue weighted by Gasteiger charge is 2.03. The third-order valence-corrected chi connectivity index (χ3v) is 2.72. The average molecular weight is 225 g/mol. The molecular weight excluding hydrogens is 214 g/mol. The SMILES string of the molecule is O=c1c2nccn2ccn1Cc1ccccc1. The van der Waals surface area contributed by atoms with Gasteiger partial charge in [0.1, 0.15) is 0 Å². The molecule has 0 saturated carbocycles. The average Bonchev–Trinajstić information content (AvgIpc) is 2.83. The molecule has 0 atom stereocenters. The number of hydrogen-bond donors (Lipinski definition) is 0. The summed E-state index contributed by atoms with van der Waals surface area (Å²) in [5, 5.41) is 0. The first kappa shape index (κ1) is 9.84. The molecule has 0 aliphatic heterocycles. The maximum Gasteiger partial charge on any atom is 0.294 e. The van der Waals surface area contributed by atoms with Crippen molar-refractivity contribution in [3.05, 3.63) is 71.0 Å². The van der Waals surface area contributed by atoms with Crippen LogP contribution in [0.15, 0.2) is 59.9 Å². The van der Waals surface area contributed by atoms with E-state index < -0.39 is 0 Å². The van der Waals surface area contributed by atoms with Crippen LogP contribution in [0.1, 0.15) is 5.56 Å². The first-order valence-electron chi connectivity index (χ1n) is 5.40. The van der Waals surface area contributed by atoms with Crippen molar-refractivity contribution in [2.24, 2.45) is 0 Å². The number of fused-ring (bicyclic) bond motifs is 1. The Kier molecular flexibility index (Phi) is 2.26. The summed E-state index contributed by atoms with van der Waals surface area (Å²) in [6.45, 7) is 0.572. The lowest BCUT2D eigenvalue weighted by molar-refractivity contribution is 0.750. The molecule has 0 aliphatic carbocycles. The van der Waals surface area contributed by atoms with Gasteiger partial charge >= 0.3 is 0 Å². The molecule has 4 heteroatoms. The molecule has 84 valence electrons. The third-order valence-electron chi connectivity index (χ3n) is 2.72. The maximum absolute atomic E-state index is 12.1. The van der Waals surface area contributed by atoms with Gasteiger partial charge in [0, 0.05) is 24.8 Å². The molecule has 0 spiro atoms. The Bertz CT molecular complexity index is 697. The number of benzene rings is 1. The summed E-state index contributed by atoms with van der Waals surface area (Å²) >= 11 is 0. The van der Waals surface area contributed by atoms with Crippen LogP contribution in [0.25, 0.3) is 5.65 Å². The topological polar surface area (TPSA) is 39.3 Å². The molecule has 0 saturated heterocycles. The van der Waals surface area contributed by atoms with Crippen LogP contribution in [0.4, 0.5) is 0 Å². The van der Waals surface area contributed by atoms with Crippen molar-refractivity contribution in [2.45, 2.75) is 6.54 Å². The third kappa shape index (κ3) is 1.73. The van der Waals surface area contributed by atoms with Crippen molar-refractivity contribution in [3.63, 3.8) is 0 Å². The van der Waals surface area contributed by atoms with Gasteiger partial charge in [-0.3, -0.25) is 4.79 Å². The number of imidazole rings is 1. The molecule has 2 aromatic heterocycles. The van der Waals surface area contributed by atoms with Crippen LogP contribution in [0.3, 0.4) is 0 Å². The summed E-state index contributed by atoms with van der Waals surface area (Å²) in [6.07, 6.45) is 7.02. The first-order valence-corrected chi connectivity index (χ1v) is 5.40. The Morgan fingerprint density at radius 2 is 1.88 bits per heavy atom. The Morgan fingerprint density at radius 1 is 1.06 bits per heavy atom. The van der Waals surface area contributed by atoms with Crippen LogP contribution in [0, 0.1) is 0 Å². The van der Waals surface area contributed by atoms with E-state index in [1.165, 1.54) is 0 Å². The van der Waals surface area contributed by atoms with Crippen molar-refractivity contribution in [3.8, 4) is 0 Å². The van der Waals surface area contributed by atoms with Crippen molar-refractivity contribution in [2.75, 3.05) is 0 Å². The van der Waals surface area contributed by atoms with Crippen LogP contribution >= 0.6 is 0 Å². The lowest BCUT2D eigenvalue weighted by Gasteiger charge is -2.05. The molecule has 0 aliphatic rings. The number of nitrogens with zero attached hydrogens (tertiary/aromatic N) is 3. The lowest BCUT2D eigenvalue weighted by atomic mass is 10.2. The molecule has 3 rings (SSSR count). The van der Waals surface area contributed by atoms with Crippen LogP contribution in [0.5, 0.6) is 0 Å². The van der Waals surface area contributed by atoms with E-state index in [4.69, 9.17) is 0 Å². The Balaban J connectivity index is 2.07. The van der Waals surface area contributed by atoms with E-state index >= 15 is 0 Å². The largest absolute Gasteiger partial charge is 0.306 e. The highest BCUT2D eigenvalue weighted by Crippen LogP contribution is 2.01. The highest BCUT2D eigenvalue weighted by atomic mass is 16.1. The van der Waals surface area contributed by atoms with Crippen molar-refractivity contribution in [1.29, 1.82) is 0 Å². The second kappa shape index (κ2) is 3.90. The maximum atomic E-state index is 12.1. The monoisotopic (exact) mass is 225 g/mol. The predicted octanol–water partition coefficient (Wildman–Crippen LogP) is 1.54. The fraction of sp³-hybridized carbons (Fsp3) is 0.0769. The Hall–Kier alpha value is -2.36. The number of aromatic nitrogens is 3. The van der Waals surface area contributed by atoms with Gasteiger partial charge in [0.05, 0.1) is 6.54 Å². The van der Waals surface area contributed by atoms with E-state index in [0.717, 1.165) is 5.56 Å². The predicted molar refractivity (Wildman–Crippen MR) is 65.0 cm³/mol. The first-order chi connectivity index (χ1) is 8.34. The van der Waals surface area contributed by atoms with Gasteiger partial charge < -0.3 is 8.97 Å². The van der Waals surface area contributed by atoms with E-state index in [-0.39, 0.29) is 5.56 Å². The Labute approximate surface area is 97.8 Å². The Morgan fingerprint density at radius 3 is 2.71 bits per heavy atom. The molecule has 2 heterocycles. The lowest BCUT2D eigenvalue weighted by Crippen LogP contribution is -2.22. The minimum absolute atomic E-state index is 0.0682. The second-order valence-corrected chi connectivity index (χ2v) is 3.87. The molecule has 0 fully saturated rings. The normalized spacial score (nSPS) is 10.8. The number of rotatable bonds is 2. The van der Waals surface area contributed by atoms with Gasteiger partial charge in [-0.05, 0) is 5.56 Å². The summed E-state index contributed by atoms with van der Waals surface area (Å²) in [6, 6.07) is 9.90. The summed E-state index contributed by atoms with van der Waals surface area (Å²) in [7, 11) is 0. The van der Waals surface area contributed by atoms with Crippen LogP contribution in [-0.4, -0.2) is 14.0 Å². The van der Waals surface area contributed by atoms with Crippen molar-refractivity contribution in [1.82, 2.24) is 14.0 Å². The minimum Gasteiger partial charge on any atom is -0.306 e. The van der Waals surface area contributed by atoms with Gasteiger partial charge in [-0.1, -0.05) is 30.3 Å². The molecule has 0 radical (unpaired) electrons. The quantitative estimate of drug-likeness (QED) is 0.663. The van der Waals surface area contributed by atoms with Gasteiger partial charge in [-0.25, -0.2) is 4.98 Å².